The Balaban J connectivity index is 0.000001000. The SMILES string of the molecule is Cl.NO[C@@H]1CCC[C@@H](O)[C@H]1O. The maximum Gasteiger partial charge on any atom is 0.108 e. The van der Waals surface area contributed by atoms with Gasteiger partial charge in [-0.1, -0.05) is 0 Å². The van der Waals surface area contributed by atoms with Gasteiger partial charge in [0, 0.05) is 0 Å². The lowest BCUT2D eigenvalue weighted by atomic mass is 9.92. The minimum Gasteiger partial charge on any atom is -0.390 e. The Hall–Kier alpha value is 0.130. The van der Waals surface area contributed by atoms with Gasteiger partial charge in [-0.25, -0.2) is 5.90 Å². The number of aliphatic hydroxyl groups excluding tert-OH is 2. The fourth-order valence-corrected chi connectivity index (χ4v) is 1.27. The molecule has 0 unspecified atom stereocenters. The highest BCUT2D eigenvalue weighted by molar-refractivity contribution is 5.85. The Morgan fingerprint density at radius 2 is 1.91 bits per heavy atom. The van der Waals surface area contributed by atoms with E-state index in [0.717, 1.165) is 12.8 Å². The van der Waals surface area contributed by atoms with Crippen molar-refractivity contribution in [2.45, 2.75) is 37.6 Å². The molecule has 11 heavy (non-hydrogen) atoms. The van der Waals surface area contributed by atoms with E-state index in [-0.39, 0.29) is 18.5 Å². The molecule has 1 fully saturated rings. The van der Waals surface area contributed by atoms with Gasteiger partial charge in [0.1, 0.15) is 12.2 Å². The van der Waals surface area contributed by atoms with Crippen molar-refractivity contribution in [3.05, 3.63) is 0 Å². The van der Waals surface area contributed by atoms with E-state index in [1.165, 1.54) is 0 Å². The second-order valence-corrected chi connectivity index (χ2v) is 2.66. The number of hydrogen-bond acceptors (Lipinski definition) is 4. The van der Waals surface area contributed by atoms with E-state index in [1.807, 2.05) is 0 Å². The van der Waals surface area contributed by atoms with Crippen molar-refractivity contribution < 1.29 is 15.1 Å². The molecule has 0 aromatic carbocycles. The van der Waals surface area contributed by atoms with Crippen LogP contribution in [0.1, 0.15) is 19.3 Å². The second kappa shape index (κ2) is 4.90. The molecule has 0 amide bonds. The van der Waals surface area contributed by atoms with Crippen LogP contribution in [-0.4, -0.2) is 28.5 Å². The summed E-state index contributed by atoms with van der Waals surface area (Å²) < 4.78 is 0. The van der Waals surface area contributed by atoms with E-state index >= 15 is 0 Å². The van der Waals surface area contributed by atoms with Gasteiger partial charge in [-0.15, -0.1) is 12.4 Å². The minimum atomic E-state index is -0.807. The molecular weight excluding hydrogens is 170 g/mol. The Bertz CT molecular complexity index is 114. The molecule has 0 radical (unpaired) electrons. The zero-order valence-electron chi connectivity index (χ0n) is 6.14. The molecule has 3 atom stereocenters. The number of aliphatic hydroxyl groups is 2. The topological polar surface area (TPSA) is 75.7 Å². The van der Waals surface area contributed by atoms with Crippen molar-refractivity contribution in [3.63, 3.8) is 0 Å². The Morgan fingerprint density at radius 3 is 2.36 bits per heavy atom. The highest BCUT2D eigenvalue weighted by atomic mass is 35.5. The molecule has 0 aliphatic heterocycles. The average Bonchev–Trinajstić information content (AvgIpc) is 1.95. The van der Waals surface area contributed by atoms with Crippen molar-refractivity contribution in [1.29, 1.82) is 0 Å². The molecule has 1 aliphatic rings. The molecule has 0 aromatic heterocycles. The van der Waals surface area contributed by atoms with Crippen molar-refractivity contribution in [2.75, 3.05) is 0 Å². The summed E-state index contributed by atoms with van der Waals surface area (Å²) in [7, 11) is 0. The van der Waals surface area contributed by atoms with Crippen LogP contribution in [0.5, 0.6) is 0 Å². The van der Waals surface area contributed by atoms with Crippen molar-refractivity contribution in [1.82, 2.24) is 0 Å². The second-order valence-electron chi connectivity index (χ2n) is 2.66. The third-order valence-corrected chi connectivity index (χ3v) is 1.94. The molecule has 5 heteroatoms. The van der Waals surface area contributed by atoms with Crippen LogP contribution in [0.2, 0.25) is 0 Å². The lowest BCUT2D eigenvalue weighted by molar-refractivity contribution is -0.114. The highest BCUT2D eigenvalue weighted by Crippen LogP contribution is 2.20. The number of nitrogens with two attached hydrogens (primary N) is 1. The van der Waals surface area contributed by atoms with Crippen LogP contribution in [0.25, 0.3) is 0 Å². The predicted octanol–water partition coefficient (Wildman–Crippen LogP) is -0.427. The van der Waals surface area contributed by atoms with E-state index in [2.05, 4.69) is 4.84 Å². The quantitative estimate of drug-likeness (QED) is 0.483. The van der Waals surface area contributed by atoms with Crippen LogP contribution in [0.3, 0.4) is 0 Å². The highest BCUT2D eigenvalue weighted by Gasteiger charge is 2.30. The standard InChI is InChI=1S/C6H13NO3.ClH/c7-10-5-3-1-2-4(8)6(5)9;/h4-6,8-9H,1-3,7H2;1H/t4-,5-,6-;/m1./s1. The number of halogens is 1. The Kier molecular flexibility index (Phi) is 4.96. The van der Waals surface area contributed by atoms with Crippen LogP contribution >= 0.6 is 12.4 Å². The van der Waals surface area contributed by atoms with Crippen LogP contribution in [0.4, 0.5) is 0 Å². The van der Waals surface area contributed by atoms with Gasteiger partial charge >= 0.3 is 0 Å². The zero-order chi connectivity index (χ0) is 7.56. The lowest BCUT2D eigenvalue weighted by Crippen LogP contribution is -2.43. The maximum absolute atomic E-state index is 9.18. The van der Waals surface area contributed by atoms with Gasteiger partial charge in [0.25, 0.3) is 0 Å². The largest absolute Gasteiger partial charge is 0.390 e. The maximum atomic E-state index is 9.18. The summed E-state index contributed by atoms with van der Waals surface area (Å²) in [6.07, 6.45) is 0.375. The molecule has 0 heterocycles. The monoisotopic (exact) mass is 183 g/mol. The first-order valence-corrected chi connectivity index (χ1v) is 3.47. The first-order valence-electron chi connectivity index (χ1n) is 3.47. The predicted molar refractivity (Wildman–Crippen MR) is 42.2 cm³/mol. The van der Waals surface area contributed by atoms with Gasteiger partial charge in [-0.2, -0.15) is 0 Å². The molecule has 1 aliphatic carbocycles. The van der Waals surface area contributed by atoms with Gasteiger partial charge in [-0.05, 0) is 19.3 Å². The fraction of sp³-hybridized carbons (Fsp3) is 1.00. The summed E-state index contributed by atoms with van der Waals surface area (Å²) >= 11 is 0. The summed E-state index contributed by atoms with van der Waals surface area (Å²) in [6, 6.07) is 0. The van der Waals surface area contributed by atoms with Gasteiger partial charge in [-0.3, -0.25) is 4.84 Å². The summed E-state index contributed by atoms with van der Waals surface area (Å²) in [5.41, 5.74) is 0. The molecule has 0 aromatic rings. The third kappa shape index (κ3) is 2.57. The molecule has 0 saturated heterocycles. The van der Waals surface area contributed by atoms with E-state index in [9.17, 15) is 5.11 Å². The van der Waals surface area contributed by atoms with Gasteiger partial charge in [0.15, 0.2) is 0 Å². The van der Waals surface area contributed by atoms with Gasteiger partial charge in [0.05, 0.1) is 6.10 Å². The molecule has 0 bridgehead atoms. The molecular formula is C6H14ClNO3. The molecule has 1 rings (SSSR count). The van der Waals surface area contributed by atoms with Crippen molar-refractivity contribution in [3.8, 4) is 0 Å². The normalized spacial score (nSPS) is 37.9. The Labute approximate surface area is 71.7 Å². The molecule has 4 N–H and O–H groups in total. The summed E-state index contributed by atoms with van der Waals surface area (Å²) in [6.45, 7) is 0. The molecule has 1 saturated carbocycles. The van der Waals surface area contributed by atoms with Crippen LogP contribution in [0, 0.1) is 0 Å². The first kappa shape index (κ1) is 11.1. The molecule has 0 spiro atoms. The summed E-state index contributed by atoms with van der Waals surface area (Å²) in [5.74, 6) is 4.88. The fourth-order valence-electron chi connectivity index (χ4n) is 1.27. The lowest BCUT2D eigenvalue weighted by Gasteiger charge is -2.29. The van der Waals surface area contributed by atoms with Crippen molar-refractivity contribution >= 4 is 12.4 Å². The third-order valence-electron chi connectivity index (χ3n) is 1.94. The Morgan fingerprint density at radius 1 is 1.27 bits per heavy atom. The van der Waals surface area contributed by atoms with E-state index in [0.29, 0.717) is 6.42 Å². The summed E-state index contributed by atoms with van der Waals surface area (Å²) in [5, 5.41) is 18.3. The van der Waals surface area contributed by atoms with Crippen LogP contribution < -0.4 is 5.90 Å². The molecule has 4 nitrogen and oxygen atoms in total. The zero-order valence-corrected chi connectivity index (χ0v) is 6.96. The van der Waals surface area contributed by atoms with Crippen LogP contribution in [0.15, 0.2) is 0 Å². The number of hydrogen-bond donors (Lipinski definition) is 3. The van der Waals surface area contributed by atoms with Crippen LogP contribution in [-0.2, 0) is 4.84 Å². The summed E-state index contributed by atoms with van der Waals surface area (Å²) in [4.78, 5) is 4.46. The first-order chi connectivity index (χ1) is 4.75. The van der Waals surface area contributed by atoms with E-state index in [1.54, 1.807) is 0 Å². The van der Waals surface area contributed by atoms with Gasteiger partial charge < -0.3 is 10.2 Å². The van der Waals surface area contributed by atoms with Crippen molar-refractivity contribution in [2.24, 2.45) is 5.90 Å². The van der Waals surface area contributed by atoms with E-state index in [4.69, 9.17) is 11.0 Å². The van der Waals surface area contributed by atoms with E-state index < -0.39 is 12.2 Å². The number of rotatable bonds is 1. The smallest absolute Gasteiger partial charge is 0.108 e. The molecule has 68 valence electrons. The minimum absolute atomic E-state index is 0. The van der Waals surface area contributed by atoms with Gasteiger partial charge in [0.2, 0.25) is 0 Å². The average molecular weight is 184 g/mol.